The number of halogens is 3. The molecule has 1 unspecified atom stereocenters. The van der Waals surface area contributed by atoms with Gasteiger partial charge in [-0.15, -0.1) is 0 Å². The summed E-state index contributed by atoms with van der Waals surface area (Å²) in [6.45, 7) is 1.29. The zero-order valence-corrected chi connectivity index (χ0v) is 19.3. The molecule has 2 fully saturated rings. The molecule has 1 atom stereocenters. The van der Waals surface area contributed by atoms with Crippen LogP contribution in [0.2, 0.25) is 0 Å². The Morgan fingerprint density at radius 3 is 2.53 bits per heavy atom. The summed E-state index contributed by atoms with van der Waals surface area (Å²) < 4.78 is 40.2. The standard InChI is InChI=1S/C26H24F3N5O2/c27-26(28,29)20-12-19(4-3-18(20)14-30)33-9-6-25(7-10-33)13-22(23(31)35)34(15-25)24(36)17-2-1-16-5-8-32-21(16)11-17/h1-5,8,11-12,22,32H,6-7,9-10,13,15H2,(H2,31,35). The molecule has 3 heterocycles. The van der Waals surface area contributed by atoms with Crippen LogP contribution < -0.4 is 10.6 Å². The summed E-state index contributed by atoms with van der Waals surface area (Å²) in [6.07, 6.45) is -1.22. The van der Waals surface area contributed by atoms with Gasteiger partial charge in [-0.05, 0) is 66.5 Å². The molecule has 0 radical (unpaired) electrons. The maximum atomic E-state index is 13.4. The number of nitrogens with one attached hydrogen (secondary N) is 1. The van der Waals surface area contributed by atoms with Crippen molar-refractivity contribution in [3.63, 3.8) is 0 Å². The van der Waals surface area contributed by atoms with Crippen LogP contribution in [0.1, 0.15) is 40.7 Å². The number of primary amides is 1. The number of nitriles is 1. The molecule has 7 nitrogen and oxygen atoms in total. The summed E-state index contributed by atoms with van der Waals surface area (Å²) >= 11 is 0. The number of H-pyrrole nitrogens is 1. The van der Waals surface area contributed by atoms with Crippen molar-refractivity contribution in [1.82, 2.24) is 9.88 Å². The summed E-state index contributed by atoms with van der Waals surface area (Å²) in [4.78, 5) is 32.2. The van der Waals surface area contributed by atoms with Crippen molar-refractivity contribution in [3.8, 4) is 6.07 Å². The monoisotopic (exact) mass is 495 g/mol. The van der Waals surface area contributed by atoms with Gasteiger partial charge in [0.05, 0.1) is 17.2 Å². The van der Waals surface area contributed by atoms with Crippen molar-refractivity contribution < 1.29 is 22.8 Å². The average molecular weight is 496 g/mol. The minimum atomic E-state index is -4.62. The molecule has 1 aromatic heterocycles. The molecule has 1 spiro atoms. The van der Waals surface area contributed by atoms with Gasteiger partial charge in [0.1, 0.15) is 6.04 Å². The number of nitrogens with zero attached hydrogens (tertiary/aromatic N) is 3. The number of amides is 2. The number of carbonyl (C=O) groups excluding carboxylic acids is 2. The molecule has 3 N–H and O–H groups in total. The van der Waals surface area contributed by atoms with Crippen LogP contribution in [-0.2, 0) is 11.0 Å². The molecule has 0 bridgehead atoms. The predicted octanol–water partition coefficient (Wildman–Crippen LogP) is 4.04. The number of benzene rings is 2. The van der Waals surface area contributed by atoms with Crippen molar-refractivity contribution in [2.45, 2.75) is 31.5 Å². The first-order valence-corrected chi connectivity index (χ1v) is 11.6. The lowest BCUT2D eigenvalue weighted by Gasteiger charge is -2.40. The second-order valence-corrected chi connectivity index (χ2v) is 9.66. The van der Waals surface area contributed by atoms with Crippen molar-refractivity contribution in [2.24, 2.45) is 11.1 Å². The highest BCUT2D eigenvalue weighted by atomic mass is 19.4. The normalized spacial score (nSPS) is 19.6. The molecule has 2 aliphatic heterocycles. The molecule has 36 heavy (non-hydrogen) atoms. The number of carbonyl (C=O) groups is 2. The molecule has 5 rings (SSSR count). The van der Waals surface area contributed by atoms with Crippen LogP contribution >= 0.6 is 0 Å². The maximum Gasteiger partial charge on any atom is 0.417 e. The number of anilines is 1. The fourth-order valence-electron chi connectivity index (χ4n) is 5.53. The first kappa shape index (κ1) is 23.7. The van der Waals surface area contributed by atoms with E-state index in [1.807, 2.05) is 17.0 Å². The Labute approximate surface area is 205 Å². The van der Waals surface area contributed by atoms with E-state index in [9.17, 15) is 22.8 Å². The van der Waals surface area contributed by atoms with Crippen LogP contribution in [0, 0.1) is 16.7 Å². The molecular formula is C26H24F3N5O2. The van der Waals surface area contributed by atoms with Gasteiger partial charge in [-0.2, -0.15) is 18.4 Å². The minimum absolute atomic E-state index is 0.267. The van der Waals surface area contributed by atoms with E-state index in [-0.39, 0.29) is 11.3 Å². The van der Waals surface area contributed by atoms with Crippen LogP contribution in [0.4, 0.5) is 18.9 Å². The smallest absolute Gasteiger partial charge is 0.371 e. The number of nitrogens with two attached hydrogens (primary N) is 1. The first-order valence-electron chi connectivity index (χ1n) is 11.6. The molecule has 2 aromatic carbocycles. The van der Waals surface area contributed by atoms with E-state index in [4.69, 9.17) is 11.0 Å². The van der Waals surface area contributed by atoms with Gasteiger partial charge in [-0.3, -0.25) is 9.59 Å². The third-order valence-corrected chi connectivity index (χ3v) is 7.52. The van der Waals surface area contributed by atoms with Crippen molar-refractivity contribution in [2.75, 3.05) is 24.5 Å². The van der Waals surface area contributed by atoms with Gasteiger partial charge >= 0.3 is 6.18 Å². The number of fused-ring (bicyclic) bond motifs is 1. The van der Waals surface area contributed by atoms with E-state index in [0.29, 0.717) is 50.1 Å². The van der Waals surface area contributed by atoms with Crippen LogP contribution in [0.15, 0.2) is 48.7 Å². The molecular weight excluding hydrogens is 471 g/mol. The Hall–Kier alpha value is -4.00. The summed E-state index contributed by atoms with van der Waals surface area (Å²) in [6, 6.07) is 11.8. The quantitative estimate of drug-likeness (QED) is 0.572. The zero-order chi connectivity index (χ0) is 25.7. The maximum absolute atomic E-state index is 13.4. The van der Waals surface area contributed by atoms with Gasteiger partial charge in [-0.1, -0.05) is 6.07 Å². The number of aromatic nitrogens is 1. The van der Waals surface area contributed by atoms with E-state index in [1.165, 1.54) is 12.1 Å². The molecule has 186 valence electrons. The Bertz CT molecular complexity index is 1380. The van der Waals surface area contributed by atoms with Crippen molar-refractivity contribution in [3.05, 3.63) is 65.4 Å². The predicted molar refractivity (Wildman–Crippen MR) is 127 cm³/mol. The van der Waals surface area contributed by atoms with E-state index in [2.05, 4.69) is 4.98 Å². The Morgan fingerprint density at radius 2 is 1.86 bits per heavy atom. The zero-order valence-electron chi connectivity index (χ0n) is 19.3. The van der Waals surface area contributed by atoms with Crippen molar-refractivity contribution >= 4 is 28.4 Å². The molecule has 2 amide bonds. The van der Waals surface area contributed by atoms with E-state index < -0.39 is 29.3 Å². The van der Waals surface area contributed by atoms with Gasteiger partial charge in [0.25, 0.3) is 5.91 Å². The van der Waals surface area contributed by atoms with E-state index >= 15 is 0 Å². The molecule has 0 aliphatic carbocycles. The molecule has 3 aromatic rings. The minimum Gasteiger partial charge on any atom is -0.371 e. The van der Waals surface area contributed by atoms with Crippen LogP contribution in [0.5, 0.6) is 0 Å². The highest BCUT2D eigenvalue weighted by molar-refractivity contribution is 6.00. The third-order valence-electron chi connectivity index (χ3n) is 7.52. The molecule has 2 saturated heterocycles. The number of likely N-dealkylation sites (tertiary alicyclic amines) is 1. The highest BCUT2D eigenvalue weighted by Gasteiger charge is 2.49. The Kier molecular flexibility index (Phi) is 5.66. The number of rotatable bonds is 3. The summed E-state index contributed by atoms with van der Waals surface area (Å²) in [7, 11) is 0. The largest absolute Gasteiger partial charge is 0.417 e. The lowest BCUT2D eigenvalue weighted by Crippen LogP contribution is -2.44. The number of hydrogen-bond acceptors (Lipinski definition) is 4. The van der Waals surface area contributed by atoms with Gasteiger partial charge < -0.3 is 20.5 Å². The summed E-state index contributed by atoms with van der Waals surface area (Å²) in [5.74, 6) is -0.831. The third kappa shape index (κ3) is 4.15. The number of alkyl halides is 3. The average Bonchev–Trinajstić information content (AvgIpc) is 3.48. The van der Waals surface area contributed by atoms with Crippen LogP contribution in [0.25, 0.3) is 10.9 Å². The Balaban J connectivity index is 1.34. The van der Waals surface area contributed by atoms with Gasteiger partial charge in [0.2, 0.25) is 5.91 Å². The Morgan fingerprint density at radius 1 is 1.11 bits per heavy atom. The van der Waals surface area contributed by atoms with Crippen LogP contribution in [-0.4, -0.2) is 47.4 Å². The van der Waals surface area contributed by atoms with E-state index in [1.54, 1.807) is 29.3 Å². The van der Waals surface area contributed by atoms with Gasteiger partial charge in [0, 0.05) is 42.6 Å². The second kappa shape index (κ2) is 8.59. The lowest BCUT2D eigenvalue weighted by atomic mass is 9.76. The SMILES string of the molecule is N#Cc1ccc(N2CCC3(CC2)CC(C(N)=O)N(C(=O)c2ccc4cc[nH]c4c2)C3)cc1C(F)(F)F. The topological polar surface area (TPSA) is 106 Å². The fourth-order valence-corrected chi connectivity index (χ4v) is 5.53. The van der Waals surface area contributed by atoms with Crippen LogP contribution in [0.3, 0.4) is 0 Å². The first-order chi connectivity index (χ1) is 17.1. The summed E-state index contributed by atoms with van der Waals surface area (Å²) in [5, 5.41) is 10.0. The number of aromatic amines is 1. The lowest BCUT2D eigenvalue weighted by molar-refractivity contribution is -0.137. The fraction of sp³-hybridized carbons (Fsp3) is 0.346. The molecule has 10 heteroatoms. The van der Waals surface area contributed by atoms with E-state index in [0.717, 1.165) is 17.0 Å². The van der Waals surface area contributed by atoms with Gasteiger partial charge in [-0.25, -0.2) is 0 Å². The number of hydrogen-bond donors (Lipinski definition) is 2. The summed E-state index contributed by atoms with van der Waals surface area (Å²) in [5.41, 5.74) is 5.66. The molecule has 0 saturated carbocycles. The second-order valence-electron chi connectivity index (χ2n) is 9.66. The van der Waals surface area contributed by atoms with Gasteiger partial charge in [0.15, 0.2) is 0 Å². The number of piperidine rings is 1. The highest BCUT2D eigenvalue weighted by Crippen LogP contribution is 2.45. The van der Waals surface area contributed by atoms with Crippen molar-refractivity contribution in [1.29, 1.82) is 5.26 Å². The molecule has 2 aliphatic rings.